The number of nitrogens with zero attached hydrogens (tertiary/aromatic N) is 3. The Morgan fingerprint density at radius 3 is 2.32 bits per heavy atom. The van der Waals surface area contributed by atoms with Gasteiger partial charge in [0.1, 0.15) is 5.82 Å². The number of nitrogens with two attached hydrogens (primary N) is 1. The van der Waals surface area contributed by atoms with Crippen LogP contribution < -0.4 is 5.14 Å². The number of sulfonamides is 1. The topological polar surface area (TPSA) is 90.9 Å². The van der Waals surface area contributed by atoms with E-state index >= 15 is 0 Å². The van der Waals surface area contributed by atoms with Crippen LogP contribution in [0.4, 0.5) is 0 Å². The Bertz CT molecular complexity index is 717. The maximum atomic E-state index is 11.4. The summed E-state index contributed by atoms with van der Waals surface area (Å²) in [6, 6.07) is 9.93. The first kappa shape index (κ1) is 12.3. The summed E-state index contributed by atoms with van der Waals surface area (Å²) >= 11 is 0. The molecule has 1 saturated carbocycles. The normalized spacial score (nSPS) is 17.4. The van der Waals surface area contributed by atoms with Gasteiger partial charge in [-0.3, -0.25) is 0 Å². The first-order chi connectivity index (χ1) is 8.95. The fourth-order valence-corrected chi connectivity index (χ4v) is 3.13. The van der Waals surface area contributed by atoms with Crippen LogP contribution in [0.1, 0.15) is 24.2 Å². The minimum Gasteiger partial charge on any atom is -0.303 e. The van der Waals surface area contributed by atoms with E-state index in [0.717, 1.165) is 18.4 Å². The van der Waals surface area contributed by atoms with Crippen LogP contribution in [0, 0.1) is 0 Å². The van der Waals surface area contributed by atoms with Crippen molar-refractivity contribution in [1.29, 1.82) is 0 Å². The SMILES string of the molecule is Cn1c(C2(c3ccccc3)CC2)nnc1S(N)(=O)=O. The minimum absolute atomic E-state index is 0.190. The third-order valence-electron chi connectivity index (χ3n) is 3.59. The summed E-state index contributed by atoms with van der Waals surface area (Å²) in [6.07, 6.45) is 1.88. The second-order valence-corrected chi connectivity index (χ2v) is 6.31. The summed E-state index contributed by atoms with van der Waals surface area (Å²) in [7, 11) is -2.20. The zero-order valence-corrected chi connectivity index (χ0v) is 11.3. The second kappa shape index (κ2) is 3.88. The lowest BCUT2D eigenvalue weighted by Gasteiger charge is -2.14. The highest BCUT2D eigenvalue weighted by Gasteiger charge is 2.50. The highest BCUT2D eigenvalue weighted by Crippen LogP contribution is 2.52. The van der Waals surface area contributed by atoms with Crippen LogP contribution in [0.2, 0.25) is 0 Å². The van der Waals surface area contributed by atoms with Gasteiger partial charge in [-0.2, -0.15) is 0 Å². The van der Waals surface area contributed by atoms with E-state index in [9.17, 15) is 8.42 Å². The van der Waals surface area contributed by atoms with Crippen molar-refractivity contribution in [3.05, 3.63) is 41.7 Å². The van der Waals surface area contributed by atoms with Crippen LogP contribution in [-0.2, 0) is 22.5 Å². The second-order valence-electron chi connectivity index (χ2n) is 4.86. The molecule has 7 heteroatoms. The van der Waals surface area contributed by atoms with Crippen molar-refractivity contribution in [2.24, 2.45) is 12.2 Å². The quantitative estimate of drug-likeness (QED) is 0.887. The molecule has 1 aliphatic rings. The average Bonchev–Trinajstić information content (AvgIpc) is 3.07. The molecular weight excluding hydrogens is 264 g/mol. The fourth-order valence-electron chi connectivity index (χ4n) is 2.50. The smallest absolute Gasteiger partial charge is 0.273 e. The molecule has 0 bridgehead atoms. The Kier molecular flexibility index (Phi) is 2.51. The molecule has 0 aliphatic heterocycles. The summed E-state index contributed by atoms with van der Waals surface area (Å²) in [5, 5.41) is 12.7. The van der Waals surface area contributed by atoms with Crippen LogP contribution in [0.5, 0.6) is 0 Å². The van der Waals surface area contributed by atoms with Crippen molar-refractivity contribution in [1.82, 2.24) is 14.8 Å². The number of hydrogen-bond donors (Lipinski definition) is 1. The molecule has 0 unspecified atom stereocenters. The van der Waals surface area contributed by atoms with Gasteiger partial charge in [0.2, 0.25) is 0 Å². The van der Waals surface area contributed by atoms with Crippen molar-refractivity contribution in [3.8, 4) is 0 Å². The third kappa shape index (κ3) is 1.85. The molecule has 1 aromatic heterocycles. The van der Waals surface area contributed by atoms with Crippen molar-refractivity contribution in [2.75, 3.05) is 0 Å². The van der Waals surface area contributed by atoms with E-state index in [0.29, 0.717) is 5.82 Å². The van der Waals surface area contributed by atoms with Gasteiger partial charge in [0.25, 0.3) is 15.2 Å². The molecule has 0 radical (unpaired) electrons. The van der Waals surface area contributed by atoms with Crippen molar-refractivity contribution >= 4 is 10.0 Å². The monoisotopic (exact) mass is 278 g/mol. The van der Waals surface area contributed by atoms with Crippen LogP contribution in [0.3, 0.4) is 0 Å². The van der Waals surface area contributed by atoms with Gasteiger partial charge < -0.3 is 4.57 Å². The van der Waals surface area contributed by atoms with Gasteiger partial charge in [-0.1, -0.05) is 30.3 Å². The summed E-state index contributed by atoms with van der Waals surface area (Å²) in [5.41, 5.74) is 0.915. The summed E-state index contributed by atoms with van der Waals surface area (Å²) in [4.78, 5) is 0. The van der Waals surface area contributed by atoms with Crippen LogP contribution in [0.25, 0.3) is 0 Å². The first-order valence-corrected chi connectivity index (χ1v) is 7.48. The molecular formula is C12H14N4O2S. The standard InChI is InChI=1S/C12H14N4O2S/c1-16-10(14-15-11(16)19(13,17)18)12(7-8-12)9-5-3-2-4-6-9/h2-6H,7-8H2,1H3,(H2,13,17,18). The van der Waals surface area contributed by atoms with Gasteiger partial charge in [0, 0.05) is 7.05 Å². The Morgan fingerprint density at radius 2 is 1.84 bits per heavy atom. The molecule has 100 valence electrons. The van der Waals surface area contributed by atoms with Gasteiger partial charge in [0.05, 0.1) is 5.41 Å². The highest BCUT2D eigenvalue weighted by atomic mass is 32.2. The molecule has 1 aliphatic carbocycles. The highest BCUT2D eigenvalue weighted by molar-refractivity contribution is 7.89. The van der Waals surface area contributed by atoms with Crippen LogP contribution in [-0.4, -0.2) is 23.2 Å². The number of rotatable bonds is 3. The van der Waals surface area contributed by atoms with E-state index in [1.165, 1.54) is 4.57 Å². The zero-order valence-electron chi connectivity index (χ0n) is 10.4. The predicted octanol–water partition coefficient (Wildman–Crippen LogP) is 0.542. The molecule has 2 N–H and O–H groups in total. The molecule has 6 nitrogen and oxygen atoms in total. The van der Waals surface area contributed by atoms with E-state index in [4.69, 9.17) is 5.14 Å². The van der Waals surface area contributed by atoms with E-state index < -0.39 is 10.0 Å². The number of hydrogen-bond acceptors (Lipinski definition) is 4. The average molecular weight is 278 g/mol. The summed E-state index contributed by atoms with van der Waals surface area (Å²) in [6.45, 7) is 0. The summed E-state index contributed by atoms with van der Waals surface area (Å²) < 4.78 is 24.3. The van der Waals surface area contributed by atoms with Gasteiger partial charge in [-0.25, -0.2) is 13.6 Å². The lowest BCUT2D eigenvalue weighted by atomic mass is 9.95. The van der Waals surface area contributed by atoms with Crippen molar-refractivity contribution < 1.29 is 8.42 Å². The lowest BCUT2D eigenvalue weighted by molar-refractivity contribution is 0.575. The molecule has 1 heterocycles. The number of aromatic nitrogens is 3. The Labute approximate surface area is 111 Å². The molecule has 19 heavy (non-hydrogen) atoms. The molecule has 0 spiro atoms. The molecule has 0 amide bonds. The zero-order chi connectivity index (χ0) is 13.7. The molecule has 0 saturated heterocycles. The first-order valence-electron chi connectivity index (χ1n) is 5.93. The van der Waals surface area contributed by atoms with Crippen molar-refractivity contribution in [2.45, 2.75) is 23.4 Å². The Balaban J connectivity index is 2.12. The molecule has 0 atom stereocenters. The van der Waals surface area contributed by atoms with E-state index in [2.05, 4.69) is 10.2 Å². The number of benzene rings is 1. The maximum absolute atomic E-state index is 11.4. The molecule has 1 fully saturated rings. The van der Waals surface area contributed by atoms with Crippen LogP contribution in [0.15, 0.2) is 35.5 Å². The van der Waals surface area contributed by atoms with Gasteiger partial charge in [-0.15, -0.1) is 10.2 Å². The van der Waals surface area contributed by atoms with E-state index in [1.54, 1.807) is 7.05 Å². The minimum atomic E-state index is -3.84. The van der Waals surface area contributed by atoms with Crippen LogP contribution >= 0.6 is 0 Å². The van der Waals surface area contributed by atoms with Crippen molar-refractivity contribution in [3.63, 3.8) is 0 Å². The van der Waals surface area contributed by atoms with Gasteiger partial charge in [-0.05, 0) is 18.4 Å². The van der Waals surface area contributed by atoms with E-state index in [-0.39, 0.29) is 10.6 Å². The van der Waals surface area contributed by atoms with E-state index in [1.807, 2.05) is 30.3 Å². The maximum Gasteiger partial charge on any atom is 0.273 e. The summed E-state index contributed by atoms with van der Waals surface area (Å²) in [5.74, 6) is 0.655. The largest absolute Gasteiger partial charge is 0.303 e. The third-order valence-corrected chi connectivity index (χ3v) is 4.46. The molecule has 1 aromatic carbocycles. The molecule has 3 rings (SSSR count). The van der Waals surface area contributed by atoms with Gasteiger partial charge >= 0.3 is 0 Å². The number of primary sulfonamides is 1. The lowest BCUT2D eigenvalue weighted by Crippen LogP contribution is -2.20. The fraction of sp³-hybridized carbons (Fsp3) is 0.333. The Morgan fingerprint density at radius 1 is 1.21 bits per heavy atom. The van der Waals surface area contributed by atoms with Gasteiger partial charge in [0.15, 0.2) is 0 Å². The predicted molar refractivity (Wildman–Crippen MR) is 68.8 cm³/mol. The Hall–Kier alpha value is -1.73. The molecule has 2 aromatic rings.